The highest BCUT2D eigenvalue weighted by atomic mass is 16.5. The fourth-order valence-electron chi connectivity index (χ4n) is 2.69. The Kier molecular flexibility index (Phi) is 4.75. The number of aliphatic hydroxyl groups is 1. The average molecular weight is 351 g/mol. The van der Waals surface area contributed by atoms with E-state index in [-0.39, 0.29) is 11.5 Å². The zero-order valence-corrected chi connectivity index (χ0v) is 14.3. The maximum Gasteiger partial charge on any atom is 0.336 e. The van der Waals surface area contributed by atoms with E-state index in [0.29, 0.717) is 11.8 Å². The molecule has 3 rings (SSSR count). The van der Waals surface area contributed by atoms with Crippen molar-refractivity contribution in [2.24, 2.45) is 0 Å². The second kappa shape index (κ2) is 7.14. The van der Waals surface area contributed by atoms with Crippen LogP contribution in [0.5, 0.6) is 5.75 Å². The highest BCUT2D eigenvalue weighted by molar-refractivity contribution is 5.95. The molecule has 6 nitrogen and oxygen atoms in total. The van der Waals surface area contributed by atoms with Crippen LogP contribution >= 0.6 is 0 Å². The van der Waals surface area contributed by atoms with Gasteiger partial charge >= 0.3 is 5.63 Å². The third-order valence-electron chi connectivity index (χ3n) is 3.95. The summed E-state index contributed by atoms with van der Waals surface area (Å²) in [6, 6.07) is 14.1. The summed E-state index contributed by atoms with van der Waals surface area (Å²) in [6.45, 7) is 1.97. The van der Waals surface area contributed by atoms with Gasteiger partial charge in [0.05, 0.1) is 0 Å². The second-order valence-electron chi connectivity index (χ2n) is 5.63. The van der Waals surface area contributed by atoms with Gasteiger partial charge in [-0.05, 0) is 30.2 Å². The van der Waals surface area contributed by atoms with Crippen molar-refractivity contribution in [1.29, 1.82) is 0 Å². The largest absolute Gasteiger partial charge is 0.511 e. The van der Waals surface area contributed by atoms with Crippen molar-refractivity contribution in [2.75, 3.05) is 7.05 Å². The highest BCUT2D eigenvalue weighted by Gasteiger charge is 2.14. The summed E-state index contributed by atoms with van der Waals surface area (Å²) in [4.78, 5) is 23.6. The van der Waals surface area contributed by atoms with Crippen LogP contribution < -0.4 is 15.7 Å². The number of aryl methyl sites for hydroxylation is 1. The summed E-state index contributed by atoms with van der Waals surface area (Å²) in [5.74, 6) is -0.599. The summed E-state index contributed by atoms with van der Waals surface area (Å²) < 4.78 is 10.7. The van der Waals surface area contributed by atoms with E-state index in [1.165, 1.54) is 19.2 Å². The topological polar surface area (TPSA) is 88.8 Å². The molecule has 1 heterocycles. The van der Waals surface area contributed by atoms with Crippen molar-refractivity contribution in [1.82, 2.24) is 5.32 Å². The number of benzene rings is 2. The molecule has 0 aliphatic rings. The third kappa shape index (κ3) is 3.30. The van der Waals surface area contributed by atoms with E-state index in [2.05, 4.69) is 5.32 Å². The van der Waals surface area contributed by atoms with Crippen LogP contribution in [0, 0.1) is 6.92 Å². The van der Waals surface area contributed by atoms with E-state index in [4.69, 9.17) is 14.3 Å². The first kappa shape index (κ1) is 17.3. The lowest BCUT2D eigenvalue weighted by Crippen LogP contribution is -2.23. The molecule has 0 aliphatic heterocycles. The van der Waals surface area contributed by atoms with Crippen LogP contribution in [-0.4, -0.2) is 18.1 Å². The van der Waals surface area contributed by atoms with E-state index in [0.717, 1.165) is 22.1 Å². The Morgan fingerprint density at radius 2 is 1.92 bits per heavy atom. The minimum absolute atomic E-state index is 0.256. The van der Waals surface area contributed by atoms with Gasteiger partial charge in [-0.3, -0.25) is 4.79 Å². The summed E-state index contributed by atoms with van der Waals surface area (Å²) in [7, 11) is 1.42. The minimum Gasteiger partial charge on any atom is -0.511 e. The SMILES string of the molecule is CNC(=O)/C(=C\O)Oc1ccc2c(-c3ccccc3C)cc(=O)oc2c1. The number of hydrogen-bond acceptors (Lipinski definition) is 5. The lowest BCUT2D eigenvalue weighted by Gasteiger charge is -2.11. The number of carbonyl (C=O) groups excluding carboxylic acids is 1. The van der Waals surface area contributed by atoms with Crippen molar-refractivity contribution in [2.45, 2.75) is 6.92 Å². The Hall–Kier alpha value is -3.54. The van der Waals surface area contributed by atoms with Crippen LogP contribution in [0.3, 0.4) is 0 Å². The van der Waals surface area contributed by atoms with Gasteiger partial charge in [-0.15, -0.1) is 0 Å². The van der Waals surface area contributed by atoms with Gasteiger partial charge in [-0.2, -0.15) is 0 Å². The molecule has 0 bridgehead atoms. The van der Waals surface area contributed by atoms with Crippen LogP contribution in [0.25, 0.3) is 22.1 Å². The van der Waals surface area contributed by atoms with Gasteiger partial charge < -0.3 is 19.6 Å². The van der Waals surface area contributed by atoms with Crippen molar-refractivity contribution < 1.29 is 19.1 Å². The molecule has 132 valence electrons. The zero-order valence-electron chi connectivity index (χ0n) is 14.3. The van der Waals surface area contributed by atoms with E-state index >= 15 is 0 Å². The zero-order chi connectivity index (χ0) is 18.7. The average Bonchev–Trinajstić information content (AvgIpc) is 2.65. The van der Waals surface area contributed by atoms with Gasteiger partial charge in [-0.1, -0.05) is 24.3 Å². The van der Waals surface area contributed by atoms with Crippen LogP contribution in [0.2, 0.25) is 0 Å². The third-order valence-corrected chi connectivity index (χ3v) is 3.95. The molecular formula is C20H17NO5. The van der Waals surface area contributed by atoms with Gasteiger partial charge in [-0.25, -0.2) is 4.79 Å². The number of ether oxygens (including phenoxy) is 1. The number of amides is 1. The lowest BCUT2D eigenvalue weighted by atomic mass is 9.98. The smallest absolute Gasteiger partial charge is 0.336 e. The van der Waals surface area contributed by atoms with Gasteiger partial charge in [0.25, 0.3) is 5.91 Å². The molecule has 0 unspecified atom stereocenters. The van der Waals surface area contributed by atoms with Crippen molar-refractivity contribution in [3.8, 4) is 16.9 Å². The number of fused-ring (bicyclic) bond motifs is 1. The standard InChI is InChI=1S/C20H17NO5/c1-12-5-3-4-6-14(12)16-10-19(23)26-17-9-13(7-8-15(16)17)25-18(11-22)20(24)21-2/h3-11,22H,1-2H3,(H,21,24)/b18-11+. The molecule has 0 saturated carbocycles. The number of nitrogens with one attached hydrogen (secondary N) is 1. The normalized spacial score (nSPS) is 11.4. The quantitative estimate of drug-likeness (QED) is 0.428. The Morgan fingerprint density at radius 1 is 1.15 bits per heavy atom. The molecule has 1 aromatic heterocycles. The summed E-state index contributed by atoms with van der Waals surface area (Å²) >= 11 is 0. The van der Waals surface area contributed by atoms with E-state index in [9.17, 15) is 9.59 Å². The first-order valence-electron chi connectivity index (χ1n) is 7.91. The van der Waals surface area contributed by atoms with Gasteiger partial charge in [0.1, 0.15) is 17.6 Å². The Morgan fingerprint density at radius 3 is 2.62 bits per heavy atom. The summed E-state index contributed by atoms with van der Waals surface area (Å²) in [6.07, 6.45) is 0.572. The molecule has 0 atom stereocenters. The molecule has 2 aromatic carbocycles. The first-order chi connectivity index (χ1) is 12.5. The molecule has 0 spiro atoms. The molecule has 3 aromatic rings. The minimum atomic E-state index is -0.581. The van der Waals surface area contributed by atoms with Crippen molar-refractivity contribution >= 4 is 16.9 Å². The first-order valence-corrected chi connectivity index (χ1v) is 7.91. The van der Waals surface area contributed by atoms with Gasteiger partial charge in [0.2, 0.25) is 5.76 Å². The highest BCUT2D eigenvalue weighted by Crippen LogP contribution is 2.31. The molecule has 6 heteroatoms. The van der Waals surface area contributed by atoms with E-state index in [1.54, 1.807) is 12.1 Å². The van der Waals surface area contributed by atoms with E-state index in [1.807, 2.05) is 31.2 Å². The monoisotopic (exact) mass is 351 g/mol. The number of hydrogen-bond donors (Lipinski definition) is 2. The molecule has 26 heavy (non-hydrogen) atoms. The molecule has 0 aliphatic carbocycles. The molecule has 2 N–H and O–H groups in total. The predicted molar refractivity (Wildman–Crippen MR) is 98.1 cm³/mol. The van der Waals surface area contributed by atoms with Crippen LogP contribution in [0.15, 0.2) is 69.8 Å². The second-order valence-corrected chi connectivity index (χ2v) is 5.63. The molecular weight excluding hydrogens is 334 g/mol. The van der Waals surface area contributed by atoms with Crippen molar-refractivity contribution in [3.63, 3.8) is 0 Å². The molecule has 0 fully saturated rings. The molecule has 0 saturated heterocycles. The molecule has 0 radical (unpaired) electrons. The van der Waals surface area contributed by atoms with Crippen LogP contribution in [0.4, 0.5) is 0 Å². The summed E-state index contributed by atoms with van der Waals surface area (Å²) in [5.41, 5.74) is 2.55. The maximum atomic E-state index is 12.0. The predicted octanol–water partition coefficient (Wildman–Crippen LogP) is 3.29. The number of rotatable bonds is 4. The number of carbonyl (C=O) groups is 1. The van der Waals surface area contributed by atoms with Crippen LogP contribution in [0.1, 0.15) is 5.56 Å². The Labute approximate surface area is 149 Å². The maximum absolute atomic E-state index is 12.0. The van der Waals surface area contributed by atoms with Crippen LogP contribution in [-0.2, 0) is 4.79 Å². The Bertz CT molecular complexity index is 1070. The number of likely N-dealkylation sites (N-methyl/N-ethyl adjacent to an activating group) is 1. The number of aliphatic hydroxyl groups excluding tert-OH is 1. The lowest BCUT2D eigenvalue weighted by molar-refractivity contribution is -0.119. The molecule has 1 amide bonds. The van der Waals surface area contributed by atoms with Gasteiger partial charge in [0.15, 0.2) is 0 Å². The Balaban J connectivity index is 2.11. The fraction of sp³-hybridized carbons (Fsp3) is 0.100. The summed E-state index contributed by atoms with van der Waals surface area (Å²) in [5, 5.41) is 12.2. The van der Waals surface area contributed by atoms with Gasteiger partial charge in [0, 0.05) is 30.1 Å². The fourth-order valence-corrected chi connectivity index (χ4v) is 2.69. The van der Waals surface area contributed by atoms with E-state index < -0.39 is 11.5 Å². The van der Waals surface area contributed by atoms with Crippen molar-refractivity contribution in [3.05, 3.63) is 76.5 Å².